The van der Waals surface area contributed by atoms with Crippen LogP contribution in [0.15, 0.2) is 42.5 Å². The fraction of sp³-hybridized carbons (Fsp3) is 0.238. The molecule has 4 rings (SSSR count). The molecule has 2 heterocycles. The molecule has 1 aliphatic rings. The van der Waals surface area contributed by atoms with Gasteiger partial charge in [0.05, 0.1) is 11.7 Å². The van der Waals surface area contributed by atoms with E-state index in [0.29, 0.717) is 23.7 Å². The minimum absolute atomic E-state index is 0.0318. The number of benzene rings is 2. The van der Waals surface area contributed by atoms with Crippen LogP contribution in [0.4, 0.5) is 5.69 Å². The van der Waals surface area contributed by atoms with Gasteiger partial charge in [0.1, 0.15) is 5.82 Å². The molecule has 0 aliphatic carbocycles. The van der Waals surface area contributed by atoms with Crippen LogP contribution in [0.25, 0.3) is 5.69 Å². The molecule has 0 fully saturated rings. The van der Waals surface area contributed by atoms with E-state index in [1.54, 1.807) is 23.7 Å². The number of fused-ring (bicyclic) bond motifs is 1. The Morgan fingerprint density at radius 1 is 1.21 bits per heavy atom. The molecule has 3 aromatic rings. The molecule has 0 saturated heterocycles. The van der Waals surface area contributed by atoms with Crippen molar-refractivity contribution in [1.82, 2.24) is 20.1 Å². The summed E-state index contributed by atoms with van der Waals surface area (Å²) in [5, 5.41) is 10.8. The predicted octanol–water partition coefficient (Wildman–Crippen LogP) is 3.60. The van der Waals surface area contributed by atoms with Gasteiger partial charge < -0.3 is 10.6 Å². The zero-order chi connectivity index (χ0) is 20.5. The lowest BCUT2D eigenvalue weighted by molar-refractivity contribution is -0.116. The molecule has 0 spiro atoms. The molecule has 1 aromatic heterocycles. The Bertz CT molecular complexity index is 1090. The number of rotatable bonds is 4. The van der Waals surface area contributed by atoms with Crippen LogP contribution in [0, 0.1) is 6.92 Å². The molecule has 29 heavy (non-hydrogen) atoms. The van der Waals surface area contributed by atoms with Crippen molar-refractivity contribution in [3.05, 3.63) is 70.3 Å². The smallest absolute Gasteiger partial charge is 0.291 e. The van der Waals surface area contributed by atoms with E-state index < -0.39 is 0 Å². The normalized spacial score (nSPS) is 14.1. The molecule has 2 aromatic carbocycles. The Labute approximate surface area is 173 Å². The highest BCUT2D eigenvalue weighted by Crippen LogP contribution is 2.26. The van der Waals surface area contributed by atoms with Crippen LogP contribution in [-0.4, -0.2) is 26.6 Å². The number of carbonyl (C=O) groups is 2. The van der Waals surface area contributed by atoms with Crippen molar-refractivity contribution in [1.29, 1.82) is 0 Å². The van der Waals surface area contributed by atoms with E-state index in [1.807, 2.05) is 37.3 Å². The van der Waals surface area contributed by atoms with Gasteiger partial charge in [0.25, 0.3) is 5.91 Å². The molecular formula is C21H20ClN5O2. The summed E-state index contributed by atoms with van der Waals surface area (Å²) < 4.78 is 1.61. The van der Waals surface area contributed by atoms with Gasteiger partial charge in [-0.15, -0.1) is 5.10 Å². The van der Waals surface area contributed by atoms with E-state index in [1.165, 1.54) is 0 Å². The number of amides is 2. The number of aryl methyl sites for hydroxylation is 2. The maximum absolute atomic E-state index is 12.7. The van der Waals surface area contributed by atoms with E-state index in [9.17, 15) is 9.59 Å². The lowest BCUT2D eigenvalue weighted by Crippen LogP contribution is -2.28. The van der Waals surface area contributed by atoms with Gasteiger partial charge in [0.15, 0.2) is 0 Å². The third kappa shape index (κ3) is 4.00. The molecule has 2 N–H and O–H groups in total. The Kier molecular flexibility index (Phi) is 5.07. The largest absolute Gasteiger partial charge is 0.343 e. The van der Waals surface area contributed by atoms with E-state index in [4.69, 9.17) is 11.6 Å². The van der Waals surface area contributed by atoms with Crippen molar-refractivity contribution in [2.24, 2.45) is 0 Å². The molecule has 148 valence electrons. The van der Waals surface area contributed by atoms with Crippen LogP contribution >= 0.6 is 11.6 Å². The second-order valence-electron chi connectivity index (χ2n) is 7.03. The van der Waals surface area contributed by atoms with Crippen LogP contribution in [0.3, 0.4) is 0 Å². The number of hydrogen-bond acceptors (Lipinski definition) is 4. The fourth-order valence-electron chi connectivity index (χ4n) is 3.33. The minimum atomic E-state index is -0.348. The van der Waals surface area contributed by atoms with Crippen molar-refractivity contribution in [3.8, 4) is 5.69 Å². The van der Waals surface area contributed by atoms with Crippen LogP contribution in [0.5, 0.6) is 0 Å². The number of nitrogens with zero attached hydrogens (tertiary/aromatic N) is 3. The van der Waals surface area contributed by atoms with E-state index in [2.05, 4.69) is 20.7 Å². The molecule has 0 bridgehead atoms. The van der Waals surface area contributed by atoms with E-state index in [-0.39, 0.29) is 23.7 Å². The second-order valence-corrected chi connectivity index (χ2v) is 7.47. The summed E-state index contributed by atoms with van der Waals surface area (Å²) in [6.07, 6.45) is 1.17. The first-order valence-corrected chi connectivity index (χ1v) is 9.71. The molecule has 7 nitrogen and oxygen atoms in total. The number of hydrogen-bond donors (Lipinski definition) is 2. The van der Waals surface area contributed by atoms with Crippen molar-refractivity contribution >= 4 is 29.1 Å². The zero-order valence-electron chi connectivity index (χ0n) is 16.1. The lowest BCUT2D eigenvalue weighted by atomic mass is 9.98. The Hall–Kier alpha value is -3.19. The standard InChI is InChI=1S/C21H20ClN5O2/c1-12(14-3-9-18-15(11-14)4-10-19(28)25-18)23-21(29)20-24-13(2)27(26-20)17-7-5-16(22)6-8-17/h3,5-9,11-12H,4,10H2,1-2H3,(H,23,29)(H,25,28). The highest BCUT2D eigenvalue weighted by molar-refractivity contribution is 6.30. The van der Waals surface area contributed by atoms with Crippen LogP contribution in [-0.2, 0) is 11.2 Å². The molecule has 8 heteroatoms. The van der Waals surface area contributed by atoms with Gasteiger partial charge in [-0.2, -0.15) is 0 Å². The third-order valence-corrected chi connectivity index (χ3v) is 5.17. The summed E-state index contributed by atoms with van der Waals surface area (Å²) >= 11 is 5.93. The summed E-state index contributed by atoms with van der Waals surface area (Å²) in [6, 6.07) is 12.7. The predicted molar refractivity (Wildman–Crippen MR) is 110 cm³/mol. The van der Waals surface area contributed by atoms with Crippen molar-refractivity contribution in [2.75, 3.05) is 5.32 Å². The Morgan fingerprint density at radius 2 is 1.97 bits per heavy atom. The van der Waals surface area contributed by atoms with Gasteiger partial charge >= 0.3 is 0 Å². The average molecular weight is 410 g/mol. The Balaban J connectivity index is 1.50. The zero-order valence-corrected chi connectivity index (χ0v) is 16.8. The van der Waals surface area contributed by atoms with Gasteiger partial charge in [-0.25, -0.2) is 9.67 Å². The summed E-state index contributed by atoms with van der Waals surface area (Å²) in [5.41, 5.74) is 3.65. The maximum atomic E-state index is 12.7. The number of nitrogens with one attached hydrogen (secondary N) is 2. The highest BCUT2D eigenvalue weighted by atomic mass is 35.5. The number of halogens is 1. The van der Waals surface area contributed by atoms with Crippen LogP contribution in [0.2, 0.25) is 5.02 Å². The number of anilines is 1. The van der Waals surface area contributed by atoms with Gasteiger partial charge in [-0.05, 0) is 61.7 Å². The first-order chi connectivity index (χ1) is 13.9. The van der Waals surface area contributed by atoms with Gasteiger partial charge in [0.2, 0.25) is 11.7 Å². The van der Waals surface area contributed by atoms with Gasteiger partial charge in [-0.1, -0.05) is 23.7 Å². The SMILES string of the molecule is Cc1nc(C(=O)NC(C)c2ccc3c(c2)CCC(=O)N3)nn1-c1ccc(Cl)cc1. The quantitative estimate of drug-likeness (QED) is 0.689. The molecule has 2 amide bonds. The molecule has 0 radical (unpaired) electrons. The second kappa shape index (κ2) is 7.67. The first kappa shape index (κ1) is 19.1. The van der Waals surface area contributed by atoms with E-state index >= 15 is 0 Å². The highest BCUT2D eigenvalue weighted by Gasteiger charge is 2.20. The molecule has 0 saturated carbocycles. The summed E-state index contributed by atoms with van der Waals surface area (Å²) in [4.78, 5) is 28.5. The lowest BCUT2D eigenvalue weighted by Gasteiger charge is -2.20. The molecule has 1 aliphatic heterocycles. The van der Waals surface area contributed by atoms with Crippen LogP contribution < -0.4 is 10.6 Å². The van der Waals surface area contributed by atoms with E-state index in [0.717, 1.165) is 22.5 Å². The van der Waals surface area contributed by atoms with Crippen molar-refractivity contribution in [2.45, 2.75) is 32.7 Å². The van der Waals surface area contributed by atoms with Crippen molar-refractivity contribution in [3.63, 3.8) is 0 Å². The minimum Gasteiger partial charge on any atom is -0.343 e. The molecule has 1 atom stereocenters. The van der Waals surface area contributed by atoms with Crippen molar-refractivity contribution < 1.29 is 9.59 Å². The summed E-state index contributed by atoms with van der Waals surface area (Å²) in [7, 11) is 0. The summed E-state index contributed by atoms with van der Waals surface area (Å²) in [5.74, 6) is 0.396. The maximum Gasteiger partial charge on any atom is 0.291 e. The first-order valence-electron chi connectivity index (χ1n) is 9.34. The Morgan fingerprint density at radius 3 is 2.72 bits per heavy atom. The van der Waals surface area contributed by atoms with Gasteiger partial charge in [0, 0.05) is 17.1 Å². The number of carbonyl (C=O) groups excluding carboxylic acids is 2. The number of aromatic nitrogens is 3. The average Bonchev–Trinajstić information content (AvgIpc) is 3.10. The summed E-state index contributed by atoms with van der Waals surface area (Å²) in [6.45, 7) is 3.70. The topological polar surface area (TPSA) is 88.9 Å². The van der Waals surface area contributed by atoms with Gasteiger partial charge in [-0.3, -0.25) is 9.59 Å². The fourth-order valence-corrected chi connectivity index (χ4v) is 3.46. The monoisotopic (exact) mass is 409 g/mol. The van der Waals surface area contributed by atoms with Crippen LogP contribution in [0.1, 0.15) is 47.0 Å². The molecular weight excluding hydrogens is 390 g/mol. The third-order valence-electron chi connectivity index (χ3n) is 4.92. The molecule has 1 unspecified atom stereocenters.